The van der Waals surface area contributed by atoms with Crippen LogP contribution in [0.5, 0.6) is 0 Å². The van der Waals surface area contributed by atoms with Gasteiger partial charge in [-0.3, -0.25) is 9.79 Å². The van der Waals surface area contributed by atoms with Crippen LogP contribution in [0.3, 0.4) is 0 Å². The Bertz CT molecular complexity index is 836. The SMILES string of the molecule is C[C@@H]1CC(=O)C2=C(C1)N(Cc1ccccc1)c1ccccc1N=C2. The fourth-order valence-corrected chi connectivity index (χ4v) is 3.53. The van der Waals surface area contributed by atoms with Crippen LogP contribution < -0.4 is 4.90 Å². The molecule has 0 bridgehead atoms. The Morgan fingerprint density at radius 1 is 1.04 bits per heavy atom. The minimum atomic E-state index is 0.207. The zero-order valence-electron chi connectivity index (χ0n) is 13.8. The summed E-state index contributed by atoms with van der Waals surface area (Å²) in [7, 11) is 0. The van der Waals surface area contributed by atoms with E-state index in [0.717, 1.165) is 35.6 Å². The maximum atomic E-state index is 12.6. The minimum absolute atomic E-state index is 0.207. The minimum Gasteiger partial charge on any atom is -0.338 e. The molecule has 3 nitrogen and oxygen atoms in total. The van der Waals surface area contributed by atoms with E-state index in [-0.39, 0.29) is 5.78 Å². The maximum Gasteiger partial charge on any atom is 0.166 e. The summed E-state index contributed by atoms with van der Waals surface area (Å²) in [6.07, 6.45) is 3.29. The van der Waals surface area contributed by atoms with Gasteiger partial charge in [0.25, 0.3) is 0 Å². The van der Waals surface area contributed by atoms with E-state index >= 15 is 0 Å². The average Bonchev–Trinajstić information content (AvgIpc) is 2.74. The van der Waals surface area contributed by atoms with Crippen molar-refractivity contribution in [3.63, 3.8) is 0 Å². The lowest BCUT2D eigenvalue weighted by atomic mass is 9.87. The molecular weight excluding hydrogens is 296 g/mol. The van der Waals surface area contributed by atoms with E-state index in [1.165, 1.54) is 5.56 Å². The predicted octanol–water partition coefficient (Wildman–Crippen LogP) is 4.66. The molecule has 0 aromatic heterocycles. The van der Waals surface area contributed by atoms with Gasteiger partial charge in [-0.05, 0) is 30.0 Å². The van der Waals surface area contributed by atoms with Crippen molar-refractivity contribution in [2.75, 3.05) is 4.90 Å². The highest BCUT2D eigenvalue weighted by Gasteiger charge is 2.30. The second-order valence-corrected chi connectivity index (χ2v) is 6.62. The Morgan fingerprint density at radius 3 is 2.62 bits per heavy atom. The summed E-state index contributed by atoms with van der Waals surface area (Å²) in [5.41, 5.74) is 5.11. The second-order valence-electron chi connectivity index (χ2n) is 6.62. The molecule has 0 saturated carbocycles. The lowest BCUT2D eigenvalue weighted by Gasteiger charge is -2.32. The summed E-state index contributed by atoms with van der Waals surface area (Å²) < 4.78 is 0. The summed E-state index contributed by atoms with van der Waals surface area (Å²) in [6, 6.07) is 18.5. The number of carbonyl (C=O) groups excluding carboxylic acids is 1. The third-order valence-corrected chi connectivity index (χ3v) is 4.70. The molecule has 3 heteroatoms. The molecule has 1 atom stereocenters. The fourth-order valence-electron chi connectivity index (χ4n) is 3.53. The summed E-state index contributed by atoms with van der Waals surface area (Å²) in [6.45, 7) is 2.90. The molecule has 1 heterocycles. The molecule has 0 saturated heterocycles. The molecule has 0 radical (unpaired) electrons. The molecule has 0 amide bonds. The molecule has 0 N–H and O–H groups in total. The third-order valence-electron chi connectivity index (χ3n) is 4.70. The van der Waals surface area contributed by atoms with Gasteiger partial charge in [0.1, 0.15) is 0 Å². The topological polar surface area (TPSA) is 32.7 Å². The third kappa shape index (κ3) is 2.67. The quantitative estimate of drug-likeness (QED) is 0.807. The zero-order chi connectivity index (χ0) is 16.5. The van der Waals surface area contributed by atoms with Gasteiger partial charge in [0, 0.05) is 24.9 Å². The molecule has 2 aliphatic rings. The van der Waals surface area contributed by atoms with Crippen molar-refractivity contribution in [3.8, 4) is 0 Å². The summed E-state index contributed by atoms with van der Waals surface area (Å²) >= 11 is 0. The molecule has 24 heavy (non-hydrogen) atoms. The molecule has 0 spiro atoms. The number of carbonyl (C=O) groups is 1. The summed E-state index contributed by atoms with van der Waals surface area (Å²) in [5.74, 6) is 0.576. The number of anilines is 1. The van der Waals surface area contributed by atoms with Crippen LogP contribution in [0.25, 0.3) is 0 Å². The summed E-state index contributed by atoms with van der Waals surface area (Å²) in [4.78, 5) is 19.4. The lowest BCUT2D eigenvalue weighted by Crippen LogP contribution is -2.30. The van der Waals surface area contributed by atoms with Gasteiger partial charge in [0.2, 0.25) is 0 Å². The molecule has 0 unspecified atom stereocenters. The first kappa shape index (κ1) is 14.9. The highest BCUT2D eigenvalue weighted by atomic mass is 16.1. The van der Waals surface area contributed by atoms with Crippen molar-refractivity contribution >= 4 is 23.4 Å². The molecule has 0 fully saturated rings. The van der Waals surface area contributed by atoms with E-state index in [2.05, 4.69) is 47.1 Å². The van der Waals surface area contributed by atoms with E-state index in [9.17, 15) is 4.79 Å². The molecule has 2 aromatic carbocycles. The van der Waals surface area contributed by atoms with Gasteiger partial charge in [-0.2, -0.15) is 0 Å². The Hall–Kier alpha value is -2.68. The van der Waals surface area contributed by atoms with E-state index in [1.54, 1.807) is 6.21 Å². The molecule has 1 aliphatic carbocycles. The lowest BCUT2D eigenvalue weighted by molar-refractivity contribution is -0.116. The van der Waals surface area contributed by atoms with Crippen LogP contribution in [0.2, 0.25) is 0 Å². The van der Waals surface area contributed by atoms with E-state index < -0.39 is 0 Å². The standard InChI is InChI=1S/C21H20N2O/c1-15-11-20-17(21(24)12-15)13-22-18-9-5-6-10-19(18)23(20)14-16-7-3-2-4-8-16/h2-10,13,15H,11-12,14H2,1H3/t15-/m0/s1. The van der Waals surface area contributed by atoms with Gasteiger partial charge in [-0.15, -0.1) is 0 Å². The number of hydrogen-bond donors (Lipinski definition) is 0. The molecule has 1 aliphatic heterocycles. The van der Waals surface area contributed by atoms with Crippen molar-refractivity contribution in [1.82, 2.24) is 0 Å². The number of rotatable bonds is 2. The highest BCUT2D eigenvalue weighted by Crippen LogP contribution is 2.39. The fraction of sp³-hybridized carbons (Fsp3) is 0.238. The van der Waals surface area contributed by atoms with Gasteiger partial charge < -0.3 is 4.90 Å². The number of ketones is 1. The highest BCUT2D eigenvalue weighted by molar-refractivity contribution is 6.16. The summed E-state index contributed by atoms with van der Waals surface area (Å²) in [5, 5.41) is 0. The van der Waals surface area contributed by atoms with E-state index in [1.807, 2.05) is 24.3 Å². The molecular formula is C21H20N2O. The zero-order valence-corrected chi connectivity index (χ0v) is 13.8. The van der Waals surface area contributed by atoms with Gasteiger partial charge in [0.05, 0.1) is 16.9 Å². The van der Waals surface area contributed by atoms with Crippen molar-refractivity contribution in [1.29, 1.82) is 0 Å². The van der Waals surface area contributed by atoms with E-state index in [0.29, 0.717) is 12.3 Å². The maximum absolute atomic E-state index is 12.6. The first-order chi connectivity index (χ1) is 11.7. The van der Waals surface area contributed by atoms with Crippen LogP contribution in [0.15, 0.2) is 70.9 Å². The first-order valence-electron chi connectivity index (χ1n) is 8.43. The van der Waals surface area contributed by atoms with Crippen LogP contribution in [-0.4, -0.2) is 12.0 Å². The van der Waals surface area contributed by atoms with Gasteiger partial charge in [-0.25, -0.2) is 0 Å². The van der Waals surface area contributed by atoms with Crippen molar-refractivity contribution in [2.45, 2.75) is 26.3 Å². The van der Waals surface area contributed by atoms with Crippen LogP contribution >= 0.6 is 0 Å². The first-order valence-corrected chi connectivity index (χ1v) is 8.43. The Balaban J connectivity index is 1.85. The number of nitrogens with zero attached hydrogens (tertiary/aromatic N) is 2. The van der Waals surface area contributed by atoms with Crippen LogP contribution in [0.4, 0.5) is 11.4 Å². The number of aliphatic imine (C=N–C) groups is 1. The van der Waals surface area contributed by atoms with E-state index in [4.69, 9.17) is 0 Å². The molecule has 120 valence electrons. The van der Waals surface area contributed by atoms with Crippen LogP contribution in [0, 0.1) is 5.92 Å². The Morgan fingerprint density at radius 2 is 1.79 bits per heavy atom. The second kappa shape index (κ2) is 6.08. The Labute approximate surface area is 142 Å². The van der Waals surface area contributed by atoms with Gasteiger partial charge >= 0.3 is 0 Å². The van der Waals surface area contributed by atoms with Crippen LogP contribution in [-0.2, 0) is 11.3 Å². The van der Waals surface area contributed by atoms with Crippen molar-refractivity contribution in [3.05, 3.63) is 71.4 Å². The number of hydrogen-bond acceptors (Lipinski definition) is 3. The number of benzene rings is 2. The largest absolute Gasteiger partial charge is 0.338 e. The number of fused-ring (bicyclic) bond motifs is 1. The predicted molar refractivity (Wildman–Crippen MR) is 97.7 cm³/mol. The Kier molecular flexibility index (Phi) is 3.77. The van der Waals surface area contributed by atoms with Crippen molar-refractivity contribution in [2.24, 2.45) is 10.9 Å². The van der Waals surface area contributed by atoms with Crippen molar-refractivity contribution < 1.29 is 4.79 Å². The number of Topliss-reactive ketones (excluding diaryl/α,β-unsaturated/α-hetero) is 1. The average molecular weight is 316 g/mol. The van der Waals surface area contributed by atoms with Crippen LogP contribution in [0.1, 0.15) is 25.3 Å². The monoisotopic (exact) mass is 316 g/mol. The molecule has 4 rings (SSSR count). The number of allylic oxidation sites excluding steroid dienone is 2. The smallest absolute Gasteiger partial charge is 0.166 e. The number of para-hydroxylation sites is 2. The van der Waals surface area contributed by atoms with Gasteiger partial charge in [-0.1, -0.05) is 49.4 Å². The molecule has 2 aromatic rings. The normalized spacial score (nSPS) is 19.8. The van der Waals surface area contributed by atoms with Gasteiger partial charge in [0.15, 0.2) is 5.78 Å².